The van der Waals surface area contributed by atoms with Crippen LogP contribution in [-0.2, 0) is 10.0 Å². The third-order valence-corrected chi connectivity index (χ3v) is 9.33. The largest absolute Gasteiger partial charge is 0.487 e. The van der Waals surface area contributed by atoms with E-state index in [2.05, 4.69) is 11.8 Å². The smallest absolute Gasteiger partial charge is 0.253 e. The summed E-state index contributed by atoms with van der Waals surface area (Å²) < 4.78 is 48.7. The molecule has 1 amide bonds. The lowest BCUT2D eigenvalue weighted by atomic mass is 10.0. The highest BCUT2D eigenvalue weighted by Crippen LogP contribution is 2.34. The van der Waals surface area contributed by atoms with Crippen LogP contribution in [-0.4, -0.2) is 67.5 Å². The van der Waals surface area contributed by atoms with Crippen molar-refractivity contribution in [1.82, 2.24) is 9.21 Å². The average molecular weight is 543 g/mol. The summed E-state index contributed by atoms with van der Waals surface area (Å²) in [6.45, 7) is 3.42. The van der Waals surface area contributed by atoms with Crippen LogP contribution in [0.25, 0.3) is 0 Å². The highest BCUT2D eigenvalue weighted by molar-refractivity contribution is 7.89. The molecule has 0 unspecified atom stereocenters. The van der Waals surface area contributed by atoms with Gasteiger partial charge in [0.25, 0.3) is 5.91 Å². The van der Waals surface area contributed by atoms with Crippen molar-refractivity contribution >= 4 is 15.9 Å². The monoisotopic (exact) mass is 542 g/mol. The molecule has 7 nitrogen and oxygen atoms in total. The van der Waals surface area contributed by atoms with Crippen LogP contribution in [0, 0.1) is 29.5 Å². The molecule has 2 aromatic rings. The number of halogens is 1. The van der Waals surface area contributed by atoms with E-state index in [1.165, 1.54) is 46.3 Å². The number of aliphatic hydroxyl groups excluding tert-OH is 1. The van der Waals surface area contributed by atoms with Crippen LogP contribution in [0.2, 0.25) is 0 Å². The van der Waals surface area contributed by atoms with Crippen LogP contribution < -0.4 is 4.74 Å². The van der Waals surface area contributed by atoms with Crippen LogP contribution >= 0.6 is 0 Å². The van der Waals surface area contributed by atoms with Gasteiger partial charge >= 0.3 is 0 Å². The Morgan fingerprint density at radius 1 is 1.24 bits per heavy atom. The molecule has 1 aliphatic heterocycles. The number of carbonyl (C=O) groups excluding carboxylic acids is 1. The Morgan fingerprint density at radius 2 is 1.97 bits per heavy atom. The zero-order valence-corrected chi connectivity index (χ0v) is 22.9. The van der Waals surface area contributed by atoms with Crippen LogP contribution in [0.15, 0.2) is 47.4 Å². The van der Waals surface area contributed by atoms with Crippen LogP contribution in [0.1, 0.15) is 55.5 Å². The molecule has 1 heterocycles. The number of amides is 1. The SMILES string of the molecule is C[C@@H]1CN([C@H](C)CO)S(=O)(=O)c2ccc(C#CC3CCCC3)cc2O[C@@H]1CN(C)C(=O)c1cccc(F)c1. The maximum atomic E-state index is 13.7. The van der Waals surface area contributed by atoms with Crippen LogP contribution in [0.3, 0.4) is 0 Å². The summed E-state index contributed by atoms with van der Waals surface area (Å²) in [5.74, 6) is 5.79. The van der Waals surface area contributed by atoms with Crippen molar-refractivity contribution in [3.8, 4) is 17.6 Å². The van der Waals surface area contributed by atoms with Crippen molar-refractivity contribution in [2.45, 2.75) is 56.6 Å². The summed E-state index contributed by atoms with van der Waals surface area (Å²) in [5.41, 5.74) is 0.873. The van der Waals surface area contributed by atoms with E-state index in [-0.39, 0.29) is 47.7 Å². The third kappa shape index (κ3) is 6.20. The fourth-order valence-electron chi connectivity index (χ4n) is 4.97. The van der Waals surface area contributed by atoms with Gasteiger partial charge in [-0.25, -0.2) is 12.8 Å². The highest BCUT2D eigenvalue weighted by atomic mass is 32.2. The number of rotatable bonds is 5. The summed E-state index contributed by atoms with van der Waals surface area (Å²) in [6.07, 6.45) is 3.92. The second kappa shape index (κ2) is 11.9. The molecule has 2 aromatic carbocycles. The van der Waals surface area contributed by atoms with Crippen molar-refractivity contribution in [2.75, 3.05) is 26.7 Å². The predicted octanol–water partition coefficient (Wildman–Crippen LogP) is 3.91. The lowest BCUT2D eigenvalue weighted by Crippen LogP contribution is -2.50. The van der Waals surface area contributed by atoms with Gasteiger partial charge in [-0.15, -0.1) is 0 Å². The zero-order chi connectivity index (χ0) is 27.4. The van der Waals surface area contributed by atoms with Gasteiger partial charge in [-0.1, -0.05) is 37.7 Å². The Morgan fingerprint density at radius 3 is 2.66 bits per heavy atom. The summed E-state index contributed by atoms with van der Waals surface area (Å²) in [5, 5.41) is 9.83. The Balaban J connectivity index is 1.69. The fraction of sp³-hybridized carbons (Fsp3) is 0.483. The van der Waals surface area contributed by atoms with Crippen molar-refractivity contribution in [3.05, 3.63) is 59.4 Å². The fourth-order valence-corrected chi connectivity index (χ4v) is 6.80. The molecular formula is C29H35FN2O5S. The molecule has 2 aliphatic rings. The molecule has 0 saturated heterocycles. The first-order valence-corrected chi connectivity index (χ1v) is 14.5. The Labute approximate surface area is 224 Å². The molecule has 1 aliphatic carbocycles. The first-order valence-electron chi connectivity index (χ1n) is 13.1. The number of hydrogen-bond donors (Lipinski definition) is 1. The van der Waals surface area contributed by atoms with E-state index in [4.69, 9.17) is 4.74 Å². The van der Waals surface area contributed by atoms with Crippen molar-refractivity contribution in [2.24, 2.45) is 11.8 Å². The standard InChI is InChI=1S/C29H35FN2O5S/c1-20-17-32(21(2)19-33)38(35,36)28-14-13-23(12-11-22-7-4-5-8-22)15-26(28)37-27(20)18-31(3)29(34)24-9-6-10-25(30)16-24/h6,9-10,13-16,20-22,27,33H,4-5,7-8,17-19H2,1-3H3/t20-,21-,27-/m1/s1. The topological polar surface area (TPSA) is 87.2 Å². The number of hydrogen-bond acceptors (Lipinski definition) is 5. The molecule has 1 saturated carbocycles. The lowest BCUT2D eigenvalue weighted by Gasteiger charge is -2.37. The van der Waals surface area contributed by atoms with Gasteiger partial charge < -0.3 is 14.7 Å². The molecule has 0 bridgehead atoms. The molecule has 0 radical (unpaired) electrons. The van der Waals surface area contributed by atoms with Gasteiger partial charge in [0.2, 0.25) is 10.0 Å². The summed E-state index contributed by atoms with van der Waals surface area (Å²) in [4.78, 5) is 14.5. The summed E-state index contributed by atoms with van der Waals surface area (Å²) in [7, 11) is -2.36. The van der Waals surface area contributed by atoms with E-state index in [9.17, 15) is 22.7 Å². The minimum atomic E-state index is -3.97. The van der Waals surface area contributed by atoms with E-state index in [0.717, 1.165) is 12.8 Å². The Hall–Kier alpha value is -2.93. The maximum absolute atomic E-state index is 13.7. The molecule has 3 atom stereocenters. The zero-order valence-electron chi connectivity index (χ0n) is 22.1. The second-order valence-corrected chi connectivity index (χ2v) is 12.2. The first kappa shape index (κ1) is 28.1. The number of benzene rings is 2. The number of aliphatic hydroxyl groups is 1. The van der Waals surface area contributed by atoms with Gasteiger partial charge in [0.05, 0.1) is 13.2 Å². The normalized spacial score (nSPS) is 22.2. The second-order valence-electron chi connectivity index (χ2n) is 10.3. The number of ether oxygens (including phenoxy) is 1. The van der Waals surface area contributed by atoms with E-state index in [1.807, 2.05) is 6.92 Å². The van der Waals surface area contributed by atoms with Crippen molar-refractivity contribution < 1.29 is 27.4 Å². The molecule has 4 rings (SSSR count). The number of likely N-dealkylation sites (N-methyl/N-ethyl adjacent to an activating group) is 1. The average Bonchev–Trinajstić information content (AvgIpc) is 3.42. The maximum Gasteiger partial charge on any atom is 0.253 e. The molecule has 0 aromatic heterocycles. The molecule has 0 spiro atoms. The minimum absolute atomic E-state index is 0.000210. The minimum Gasteiger partial charge on any atom is -0.487 e. The highest BCUT2D eigenvalue weighted by Gasteiger charge is 2.38. The lowest BCUT2D eigenvalue weighted by molar-refractivity contribution is 0.0563. The summed E-state index contributed by atoms with van der Waals surface area (Å²) >= 11 is 0. The summed E-state index contributed by atoms with van der Waals surface area (Å²) in [6, 6.07) is 9.68. The van der Waals surface area contributed by atoms with Gasteiger partial charge in [0.1, 0.15) is 22.6 Å². The number of nitrogens with zero attached hydrogens (tertiary/aromatic N) is 2. The predicted molar refractivity (Wildman–Crippen MR) is 143 cm³/mol. The van der Waals surface area contributed by atoms with Gasteiger partial charge in [-0.3, -0.25) is 4.79 Å². The number of fused-ring (bicyclic) bond motifs is 1. The molecule has 1 N–H and O–H groups in total. The van der Waals surface area contributed by atoms with Gasteiger partial charge in [-0.05, 0) is 56.2 Å². The van der Waals surface area contributed by atoms with Gasteiger partial charge in [0, 0.05) is 42.6 Å². The van der Waals surface area contributed by atoms with Gasteiger partial charge in [-0.2, -0.15) is 4.31 Å². The molecular weight excluding hydrogens is 507 g/mol. The van der Waals surface area contributed by atoms with E-state index < -0.39 is 28.0 Å². The van der Waals surface area contributed by atoms with Crippen LogP contribution in [0.5, 0.6) is 5.75 Å². The third-order valence-electron chi connectivity index (χ3n) is 7.32. The van der Waals surface area contributed by atoms with Crippen molar-refractivity contribution in [1.29, 1.82) is 0 Å². The molecule has 1 fully saturated rings. The van der Waals surface area contributed by atoms with E-state index >= 15 is 0 Å². The number of sulfonamides is 1. The first-order chi connectivity index (χ1) is 18.1. The van der Waals surface area contributed by atoms with Crippen LogP contribution in [0.4, 0.5) is 4.39 Å². The Kier molecular flexibility index (Phi) is 8.76. The molecule has 204 valence electrons. The Bertz CT molecular complexity index is 1330. The van der Waals surface area contributed by atoms with Gasteiger partial charge in [0.15, 0.2) is 0 Å². The molecule has 38 heavy (non-hydrogen) atoms. The number of carbonyl (C=O) groups is 1. The quantitative estimate of drug-likeness (QED) is 0.579. The molecule has 9 heteroatoms. The van der Waals surface area contributed by atoms with E-state index in [1.54, 1.807) is 32.2 Å². The van der Waals surface area contributed by atoms with Crippen molar-refractivity contribution in [3.63, 3.8) is 0 Å². The van der Waals surface area contributed by atoms with E-state index in [0.29, 0.717) is 11.5 Å².